The largest absolute Gasteiger partial charge is 0.288 e. The van der Waals surface area contributed by atoms with Crippen molar-refractivity contribution in [3.63, 3.8) is 0 Å². The van der Waals surface area contributed by atoms with Gasteiger partial charge in [-0.25, -0.2) is 0 Å². The maximum atomic E-state index is 12.6. The highest BCUT2D eigenvalue weighted by molar-refractivity contribution is 9.10. The standard InChI is InChI=1S/C14H7BrCl4O/c1-6-3-2-4-7(11(6)15)14(20)10-8(16)5-9(17)12(18)13(10)19/h2-5H,1H3. The third-order valence-electron chi connectivity index (χ3n) is 2.78. The molecule has 0 unspecified atom stereocenters. The average molecular weight is 413 g/mol. The molecule has 0 aliphatic rings. The van der Waals surface area contributed by atoms with Crippen LogP contribution in [0.25, 0.3) is 0 Å². The Morgan fingerprint density at radius 2 is 1.70 bits per heavy atom. The molecule has 2 rings (SSSR count). The van der Waals surface area contributed by atoms with Crippen molar-refractivity contribution in [3.05, 3.63) is 65.5 Å². The maximum absolute atomic E-state index is 12.6. The molecule has 0 N–H and O–H groups in total. The molecule has 104 valence electrons. The van der Waals surface area contributed by atoms with Gasteiger partial charge in [0, 0.05) is 10.0 Å². The zero-order valence-corrected chi connectivity index (χ0v) is 14.7. The molecule has 0 bridgehead atoms. The molecule has 2 aromatic carbocycles. The van der Waals surface area contributed by atoms with Gasteiger partial charge in [0.1, 0.15) is 0 Å². The maximum Gasteiger partial charge on any atom is 0.197 e. The minimum atomic E-state index is -0.311. The molecule has 0 aliphatic heterocycles. The Morgan fingerprint density at radius 3 is 2.35 bits per heavy atom. The third-order valence-corrected chi connectivity index (χ3v) is 5.39. The van der Waals surface area contributed by atoms with Gasteiger partial charge in [0.25, 0.3) is 0 Å². The first-order valence-corrected chi connectivity index (χ1v) is 7.78. The molecule has 1 nitrogen and oxygen atoms in total. The average Bonchev–Trinajstić information content (AvgIpc) is 2.39. The third kappa shape index (κ3) is 2.86. The van der Waals surface area contributed by atoms with E-state index in [-0.39, 0.29) is 31.4 Å². The normalized spacial score (nSPS) is 10.7. The highest BCUT2D eigenvalue weighted by Crippen LogP contribution is 2.39. The topological polar surface area (TPSA) is 17.1 Å². The molecular weight excluding hydrogens is 406 g/mol. The summed E-state index contributed by atoms with van der Waals surface area (Å²) in [4.78, 5) is 12.6. The Bertz CT molecular complexity index is 713. The molecule has 6 heteroatoms. The Labute approximate surface area is 144 Å². The highest BCUT2D eigenvalue weighted by atomic mass is 79.9. The van der Waals surface area contributed by atoms with Crippen molar-refractivity contribution in [1.82, 2.24) is 0 Å². The van der Waals surface area contributed by atoms with E-state index in [0.717, 1.165) is 5.56 Å². The van der Waals surface area contributed by atoms with Crippen LogP contribution in [0.1, 0.15) is 21.5 Å². The number of rotatable bonds is 2. The second-order valence-electron chi connectivity index (χ2n) is 4.11. The summed E-state index contributed by atoms with van der Waals surface area (Å²) in [5.41, 5.74) is 1.55. The summed E-state index contributed by atoms with van der Waals surface area (Å²) < 4.78 is 0.697. The van der Waals surface area contributed by atoms with Crippen LogP contribution in [0.2, 0.25) is 20.1 Å². The van der Waals surface area contributed by atoms with Crippen molar-refractivity contribution >= 4 is 68.1 Å². The zero-order valence-electron chi connectivity index (χ0n) is 10.1. The van der Waals surface area contributed by atoms with Gasteiger partial charge in [-0.15, -0.1) is 0 Å². The van der Waals surface area contributed by atoms with Gasteiger partial charge >= 0.3 is 0 Å². The molecule has 0 radical (unpaired) electrons. The molecule has 0 saturated carbocycles. The fourth-order valence-electron chi connectivity index (χ4n) is 1.73. The second kappa shape index (κ2) is 6.25. The SMILES string of the molecule is Cc1cccc(C(=O)c2c(Cl)cc(Cl)c(Cl)c2Cl)c1Br. The van der Waals surface area contributed by atoms with E-state index >= 15 is 0 Å². The highest BCUT2D eigenvalue weighted by Gasteiger charge is 2.22. The van der Waals surface area contributed by atoms with Crippen LogP contribution >= 0.6 is 62.3 Å². The summed E-state index contributed by atoms with van der Waals surface area (Å²) in [6.45, 7) is 1.89. The number of benzene rings is 2. The van der Waals surface area contributed by atoms with Crippen LogP contribution in [-0.2, 0) is 0 Å². The minimum Gasteiger partial charge on any atom is -0.288 e. The van der Waals surface area contributed by atoms with Crippen molar-refractivity contribution in [2.75, 3.05) is 0 Å². The summed E-state index contributed by atoms with van der Waals surface area (Å²) >= 11 is 27.4. The Morgan fingerprint density at radius 1 is 1.05 bits per heavy atom. The Balaban J connectivity index is 2.66. The van der Waals surface area contributed by atoms with E-state index in [1.54, 1.807) is 12.1 Å². The molecule has 0 spiro atoms. The van der Waals surface area contributed by atoms with Crippen LogP contribution in [0, 0.1) is 6.92 Å². The molecule has 0 heterocycles. The number of hydrogen-bond donors (Lipinski definition) is 0. The summed E-state index contributed by atoms with van der Waals surface area (Å²) in [5, 5.41) is 0.553. The number of carbonyl (C=O) groups excluding carboxylic acids is 1. The van der Waals surface area contributed by atoms with Crippen molar-refractivity contribution in [2.24, 2.45) is 0 Å². The van der Waals surface area contributed by atoms with Gasteiger partial charge in [-0.05, 0) is 40.5 Å². The first-order valence-electron chi connectivity index (χ1n) is 5.47. The monoisotopic (exact) mass is 410 g/mol. The molecule has 0 aliphatic carbocycles. The van der Waals surface area contributed by atoms with Gasteiger partial charge in [0.05, 0.1) is 25.7 Å². The van der Waals surface area contributed by atoms with Crippen molar-refractivity contribution in [3.8, 4) is 0 Å². The number of ketones is 1. The first-order chi connectivity index (χ1) is 9.34. The summed E-state index contributed by atoms with van der Waals surface area (Å²) in [7, 11) is 0. The number of aryl methyl sites for hydroxylation is 1. The lowest BCUT2D eigenvalue weighted by molar-refractivity contribution is 0.103. The zero-order chi connectivity index (χ0) is 15.0. The molecule has 20 heavy (non-hydrogen) atoms. The molecule has 0 atom stereocenters. The lowest BCUT2D eigenvalue weighted by Gasteiger charge is -2.11. The number of hydrogen-bond acceptors (Lipinski definition) is 1. The quantitative estimate of drug-likeness (QED) is 0.308. The van der Waals surface area contributed by atoms with Crippen molar-refractivity contribution in [1.29, 1.82) is 0 Å². The smallest absolute Gasteiger partial charge is 0.197 e. The molecule has 0 fully saturated rings. The Hall–Kier alpha value is -0.250. The van der Waals surface area contributed by atoms with Crippen LogP contribution in [0.4, 0.5) is 0 Å². The molecule has 0 aromatic heterocycles. The number of halogens is 5. The van der Waals surface area contributed by atoms with Gasteiger partial charge in [0.15, 0.2) is 5.78 Å². The van der Waals surface area contributed by atoms with E-state index in [4.69, 9.17) is 46.4 Å². The first kappa shape index (κ1) is 16.1. The summed E-state index contributed by atoms with van der Waals surface area (Å²) in [6, 6.07) is 6.77. The lowest BCUT2D eigenvalue weighted by atomic mass is 10.0. The lowest BCUT2D eigenvalue weighted by Crippen LogP contribution is -2.05. The Kier molecular flexibility index (Phi) is 5.04. The molecular formula is C14H7BrCl4O. The van der Waals surface area contributed by atoms with Crippen LogP contribution in [0.15, 0.2) is 28.7 Å². The van der Waals surface area contributed by atoms with Gasteiger partial charge in [-0.3, -0.25) is 4.79 Å². The minimum absolute atomic E-state index is 0.0579. The van der Waals surface area contributed by atoms with Crippen LogP contribution in [-0.4, -0.2) is 5.78 Å². The fourth-order valence-corrected chi connectivity index (χ4v) is 3.26. The molecule has 2 aromatic rings. The van der Waals surface area contributed by atoms with Gasteiger partial charge < -0.3 is 0 Å². The van der Waals surface area contributed by atoms with E-state index < -0.39 is 0 Å². The molecule has 0 amide bonds. The summed E-state index contributed by atoms with van der Waals surface area (Å²) in [6.07, 6.45) is 0. The number of carbonyl (C=O) groups is 1. The van der Waals surface area contributed by atoms with E-state index in [0.29, 0.717) is 10.0 Å². The van der Waals surface area contributed by atoms with Gasteiger partial charge in [0.2, 0.25) is 0 Å². The predicted molar refractivity (Wildman–Crippen MR) is 88.8 cm³/mol. The van der Waals surface area contributed by atoms with Crippen molar-refractivity contribution in [2.45, 2.75) is 6.92 Å². The predicted octanol–water partition coefficient (Wildman–Crippen LogP) is 6.60. The fraction of sp³-hybridized carbons (Fsp3) is 0.0714. The summed E-state index contributed by atoms with van der Waals surface area (Å²) in [5.74, 6) is -0.311. The molecule has 0 saturated heterocycles. The van der Waals surface area contributed by atoms with Gasteiger partial charge in [-0.1, -0.05) is 58.5 Å². The van der Waals surface area contributed by atoms with E-state index in [1.807, 2.05) is 13.0 Å². The van der Waals surface area contributed by atoms with E-state index in [9.17, 15) is 4.79 Å². The second-order valence-corrected chi connectivity index (χ2v) is 6.47. The van der Waals surface area contributed by atoms with E-state index in [2.05, 4.69) is 15.9 Å². The van der Waals surface area contributed by atoms with Gasteiger partial charge in [-0.2, -0.15) is 0 Å². The van der Waals surface area contributed by atoms with Crippen LogP contribution < -0.4 is 0 Å². The van der Waals surface area contributed by atoms with Crippen LogP contribution in [0.3, 0.4) is 0 Å². The van der Waals surface area contributed by atoms with Crippen LogP contribution in [0.5, 0.6) is 0 Å². The van der Waals surface area contributed by atoms with E-state index in [1.165, 1.54) is 6.07 Å². The van der Waals surface area contributed by atoms with Crippen molar-refractivity contribution < 1.29 is 4.79 Å².